The van der Waals surface area contributed by atoms with Crippen LogP contribution in [0.3, 0.4) is 0 Å². The van der Waals surface area contributed by atoms with Crippen LogP contribution < -0.4 is 14.8 Å². The molecule has 4 aromatic rings. The van der Waals surface area contributed by atoms with Crippen molar-refractivity contribution in [3.8, 4) is 11.5 Å². The van der Waals surface area contributed by atoms with E-state index in [9.17, 15) is 14.7 Å². The minimum atomic E-state index is -2.53. The van der Waals surface area contributed by atoms with Gasteiger partial charge in [0.05, 0.1) is 20.8 Å². The highest BCUT2D eigenvalue weighted by Crippen LogP contribution is 2.44. The molecule has 4 aromatic carbocycles. The van der Waals surface area contributed by atoms with E-state index in [1.807, 2.05) is 84.9 Å². The van der Waals surface area contributed by atoms with E-state index in [1.165, 1.54) is 9.80 Å². The highest BCUT2D eigenvalue weighted by molar-refractivity contribution is 6.74. The van der Waals surface area contributed by atoms with E-state index in [0.29, 0.717) is 17.1 Å². The third-order valence-corrected chi connectivity index (χ3v) is 15.6. The zero-order valence-electron chi connectivity index (χ0n) is 33.3. The van der Waals surface area contributed by atoms with Gasteiger partial charge in [0.15, 0.2) is 14.5 Å². The van der Waals surface area contributed by atoms with Gasteiger partial charge in [-0.25, -0.2) is 4.79 Å². The Balaban J connectivity index is 1.36. The fourth-order valence-corrected chi connectivity index (χ4v) is 8.11. The van der Waals surface area contributed by atoms with Gasteiger partial charge in [-0.2, -0.15) is 0 Å². The van der Waals surface area contributed by atoms with E-state index in [4.69, 9.17) is 23.4 Å². The molecule has 2 aliphatic rings. The lowest BCUT2D eigenvalue weighted by Crippen LogP contribution is -2.59. The van der Waals surface area contributed by atoms with Gasteiger partial charge in [0, 0.05) is 18.8 Å². The highest BCUT2D eigenvalue weighted by atomic mass is 28.4. The lowest BCUT2D eigenvalue weighted by molar-refractivity contribution is -0.102. The number of likely N-dealkylation sites (N-methyl/N-ethyl adjacent to an activating group) is 1. The van der Waals surface area contributed by atoms with Crippen molar-refractivity contribution >= 4 is 20.3 Å². The van der Waals surface area contributed by atoms with E-state index in [1.54, 1.807) is 57.8 Å². The maximum absolute atomic E-state index is 14.1. The van der Waals surface area contributed by atoms with Crippen molar-refractivity contribution in [3.05, 3.63) is 144 Å². The summed E-state index contributed by atoms with van der Waals surface area (Å²) in [5.41, 5.74) is 1.82. The van der Waals surface area contributed by atoms with Crippen molar-refractivity contribution in [1.29, 1.82) is 0 Å². The molecule has 56 heavy (non-hydrogen) atoms. The van der Waals surface area contributed by atoms with E-state index in [0.717, 1.165) is 16.7 Å². The molecule has 12 heteroatoms. The molecule has 5 atom stereocenters. The van der Waals surface area contributed by atoms with E-state index < -0.39 is 50.7 Å². The molecule has 0 aliphatic carbocycles. The van der Waals surface area contributed by atoms with Crippen LogP contribution in [0.15, 0.2) is 121 Å². The summed E-state index contributed by atoms with van der Waals surface area (Å²) in [5.74, 6) is 1.08. The number of carbonyl (C=O) groups is 2. The smallest absolute Gasteiger partial charge is 0.327 e. The predicted molar refractivity (Wildman–Crippen MR) is 217 cm³/mol. The Kier molecular flexibility index (Phi) is 12.1. The van der Waals surface area contributed by atoms with Crippen molar-refractivity contribution in [2.24, 2.45) is 0 Å². The average molecular weight is 780 g/mol. The fourth-order valence-electron chi connectivity index (χ4n) is 6.82. The number of methoxy groups -OCH3 is 2. The van der Waals surface area contributed by atoms with Gasteiger partial charge in [-0.15, -0.1) is 0 Å². The molecule has 0 spiro atoms. The van der Waals surface area contributed by atoms with Crippen molar-refractivity contribution in [2.75, 3.05) is 27.9 Å². The number of aliphatic hydroxyl groups excluding tert-OH is 1. The van der Waals surface area contributed by atoms with Crippen molar-refractivity contribution in [3.63, 3.8) is 0 Å². The molecule has 0 saturated carbocycles. The molecular weight excluding hydrogens is 727 g/mol. The lowest BCUT2D eigenvalue weighted by atomic mass is 9.80. The van der Waals surface area contributed by atoms with Gasteiger partial charge in [0.2, 0.25) is 0 Å². The molecule has 6 rings (SSSR count). The van der Waals surface area contributed by atoms with E-state index >= 15 is 0 Å². The summed E-state index contributed by atoms with van der Waals surface area (Å²) < 4.78 is 31.7. The number of urea groups is 1. The summed E-state index contributed by atoms with van der Waals surface area (Å²) in [6.07, 6.45) is -1.37. The third-order valence-electron chi connectivity index (χ3n) is 11.1. The number of amides is 3. The van der Waals surface area contributed by atoms with Crippen LogP contribution in [-0.2, 0) is 19.5 Å². The number of hydrogen-bond acceptors (Lipinski definition) is 8. The van der Waals surface area contributed by atoms with Crippen molar-refractivity contribution in [1.82, 2.24) is 15.1 Å². The maximum Gasteiger partial charge on any atom is 0.327 e. The number of hydrogen-bond donors (Lipinski definition) is 2. The first-order valence-corrected chi connectivity index (χ1v) is 21.7. The standard InChI is InChI=1S/C44H53N3O8Si/c1-43(2,3)56(7,8)55-39-38(48)36(54-41(39)47-28-27-37(46(4)42(47)50)45-40(49)30-15-11-9-12-16-30)29-53-44(31-17-13-10-14-18-31,32-19-23-34(51-5)24-20-32)33-21-25-35(52-6)26-22-33/h9-28,36-39,41,48H,29H2,1-8H3,(H,45,49)/t36-,37-,38-,39-,41-/m1/s1. The van der Waals surface area contributed by atoms with Crippen LogP contribution in [0.1, 0.15) is 47.8 Å². The SMILES string of the molecule is COc1ccc(C(OC[C@H]2O[C@@H](N3C=C[C@H](NC(=O)c4ccccc4)N(C)C3=O)[C@H](O[Si](C)(C)C(C)(C)C)[C@@H]2O)(c2ccccc2)c2ccc(OC)cc2)cc1. The van der Waals surface area contributed by atoms with Gasteiger partial charge in [-0.3, -0.25) is 9.69 Å². The lowest BCUT2D eigenvalue weighted by Gasteiger charge is -2.43. The van der Waals surface area contributed by atoms with E-state index in [-0.39, 0.29) is 17.6 Å². The second-order valence-electron chi connectivity index (χ2n) is 15.6. The van der Waals surface area contributed by atoms with Crippen LogP contribution in [0.5, 0.6) is 11.5 Å². The molecule has 0 bridgehead atoms. The predicted octanol–water partition coefficient (Wildman–Crippen LogP) is 7.13. The maximum atomic E-state index is 14.1. The largest absolute Gasteiger partial charge is 0.497 e. The molecule has 0 aromatic heterocycles. The number of carbonyl (C=O) groups excluding carboxylic acids is 2. The average Bonchev–Trinajstić information content (AvgIpc) is 3.50. The van der Waals surface area contributed by atoms with Crippen LogP contribution in [0.25, 0.3) is 0 Å². The Bertz CT molecular complexity index is 1920. The van der Waals surface area contributed by atoms with Crippen molar-refractivity contribution < 1.29 is 38.1 Å². The molecule has 3 amide bonds. The highest BCUT2D eigenvalue weighted by Gasteiger charge is 2.54. The number of aliphatic hydroxyl groups is 1. The Morgan fingerprint density at radius 3 is 1.86 bits per heavy atom. The second kappa shape index (κ2) is 16.6. The van der Waals surface area contributed by atoms with Gasteiger partial charge >= 0.3 is 6.03 Å². The number of nitrogens with one attached hydrogen (secondary N) is 1. The summed E-state index contributed by atoms with van der Waals surface area (Å²) in [6.45, 7) is 10.5. The van der Waals surface area contributed by atoms with Crippen LogP contribution >= 0.6 is 0 Å². The molecule has 0 radical (unpaired) electrons. The molecule has 1 saturated heterocycles. The molecular formula is C44H53N3O8Si. The normalized spacial score (nSPS) is 21.6. The van der Waals surface area contributed by atoms with Crippen LogP contribution in [0.4, 0.5) is 4.79 Å². The third kappa shape index (κ3) is 8.11. The number of nitrogens with zero attached hydrogens (tertiary/aromatic N) is 2. The monoisotopic (exact) mass is 779 g/mol. The number of benzene rings is 4. The zero-order valence-corrected chi connectivity index (χ0v) is 34.3. The molecule has 2 heterocycles. The first kappa shape index (κ1) is 40.7. The summed E-state index contributed by atoms with van der Waals surface area (Å²) >= 11 is 0. The quantitative estimate of drug-likeness (QED) is 0.109. The first-order valence-electron chi connectivity index (χ1n) is 18.8. The summed E-state index contributed by atoms with van der Waals surface area (Å²) in [5, 5.41) is 14.9. The van der Waals surface area contributed by atoms with Crippen LogP contribution in [-0.4, -0.2) is 93.7 Å². The van der Waals surface area contributed by atoms with Gasteiger partial charge in [0.25, 0.3) is 5.91 Å². The van der Waals surface area contributed by atoms with Crippen molar-refractivity contribution in [2.45, 2.75) is 75.2 Å². The number of ether oxygens (including phenoxy) is 4. The minimum Gasteiger partial charge on any atom is -0.497 e. The Labute approximate surface area is 330 Å². The minimum absolute atomic E-state index is 0.0701. The van der Waals surface area contributed by atoms with Gasteiger partial charge in [-0.05, 0) is 77.3 Å². The topological polar surface area (TPSA) is 119 Å². The fraction of sp³-hybridized carbons (Fsp3) is 0.364. The zero-order chi connectivity index (χ0) is 40.3. The number of rotatable bonds is 13. The van der Waals surface area contributed by atoms with E-state index in [2.05, 4.69) is 39.2 Å². The molecule has 2 N–H and O–H groups in total. The van der Waals surface area contributed by atoms with Gasteiger partial charge in [0.1, 0.15) is 41.6 Å². The molecule has 1 fully saturated rings. The van der Waals surface area contributed by atoms with Crippen LogP contribution in [0, 0.1) is 0 Å². The summed E-state index contributed by atoms with van der Waals surface area (Å²) in [4.78, 5) is 30.0. The Morgan fingerprint density at radius 1 is 0.821 bits per heavy atom. The first-order chi connectivity index (χ1) is 26.7. The Hall–Kier alpha value is -4.98. The van der Waals surface area contributed by atoms with Gasteiger partial charge in [-0.1, -0.05) is 93.6 Å². The molecule has 296 valence electrons. The van der Waals surface area contributed by atoms with Gasteiger partial charge < -0.3 is 38.7 Å². The molecule has 2 aliphatic heterocycles. The molecule has 0 unspecified atom stereocenters. The van der Waals surface area contributed by atoms with Crippen LogP contribution in [0.2, 0.25) is 18.1 Å². The summed E-state index contributed by atoms with van der Waals surface area (Å²) in [7, 11) is 2.33. The Morgan fingerprint density at radius 2 is 1.34 bits per heavy atom. The second-order valence-corrected chi connectivity index (χ2v) is 20.4. The summed E-state index contributed by atoms with van der Waals surface area (Å²) in [6, 6.07) is 33.7. The molecule has 11 nitrogen and oxygen atoms in total.